The van der Waals surface area contributed by atoms with Crippen molar-refractivity contribution < 1.29 is 9.53 Å². The van der Waals surface area contributed by atoms with E-state index in [0.717, 1.165) is 16.9 Å². The quantitative estimate of drug-likeness (QED) is 0.770. The maximum Gasteiger partial charge on any atom is 0.147 e. The molecule has 2 nitrogen and oxygen atoms in total. The lowest BCUT2D eigenvalue weighted by atomic mass is 10.1. The molecular formula is C12H15BrO2. The normalized spacial score (nSPS) is 10.1. The second kappa shape index (κ2) is 5.91. The molecule has 0 amide bonds. The fourth-order valence-corrected chi connectivity index (χ4v) is 1.61. The SMILES string of the molecule is CCOc1ccc(CC(=O)CBr)cc1C. The summed E-state index contributed by atoms with van der Waals surface area (Å²) in [6.07, 6.45) is 0.485. The van der Waals surface area contributed by atoms with Gasteiger partial charge in [-0.3, -0.25) is 4.79 Å². The number of hydrogen-bond donors (Lipinski definition) is 0. The summed E-state index contributed by atoms with van der Waals surface area (Å²) in [6.45, 7) is 4.62. The fraction of sp³-hybridized carbons (Fsp3) is 0.417. The summed E-state index contributed by atoms with van der Waals surface area (Å²) >= 11 is 3.16. The first kappa shape index (κ1) is 12.2. The number of Topliss-reactive ketones (excluding diaryl/α,β-unsaturated/α-hetero) is 1. The Morgan fingerprint density at radius 3 is 2.73 bits per heavy atom. The summed E-state index contributed by atoms with van der Waals surface area (Å²) in [5.41, 5.74) is 2.12. The molecule has 0 atom stereocenters. The Morgan fingerprint density at radius 2 is 2.20 bits per heavy atom. The summed E-state index contributed by atoms with van der Waals surface area (Å²) in [4.78, 5) is 11.2. The molecule has 1 rings (SSSR count). The average Bonchev–Trinajstić information content (AvgIpc) is 2.22. The van der Waals surface area contributed by atoms with Gasteiger partial charge in [0, 0.05) is 6.42 Å². The molecule has 0 radical (unpaired) electrons. The van der Waals surface area contributed by atoms with Crippen LogP contribution in [0.4, 0.5) is 0 Å². The topological polar surface area (TPSA) is 26.3 Å². The second-order valence-corrected chi connectivity index (χ2v) is 3.94. The van der Waals surface area contributed by atoms with Crippen LogP contribution < -0.4 is 4.74 Å². The Morgan fingerprint density at radius 1 is 1.47 bits per heavy atom. The van der Waals surface area contributed by atoms with Crippen molar-refractivity contribution in [3.05, 3.63) is 29.3 Å². The number of aryl methyl sites for hydroxylation is 1. The van der Waals surface area contributed by atoms with Gasteiger partial charge in [0.25, 0.3) is 0 Å². The van der Waals surface area contributed by atoms with Crippen molar-refractivity contribution in [2.75, 3.05) is 11.9 Å². The molecule has 0 fully saturated rings. The van der Waals surface area contributed by atoms with Gasteiger partial charge in [0.1, 0.15) is 11.5 Å². The molecule has 0 bridgehead atoms. The van der Waals surface area contributed by atoms with E-state index in [1.807, 2.05) is 32.0 Å². The molecule has 0 saturated carbocycles. The van der Waals surface area contributed by atoms with Crippen LogP contribution in [0.5, 0.6) is 5.75 Å². The Kier molecular flexibility index (Phi) is 4.82. The monoisotopic (exact) mass is 270 g/mol. The van der Waals surface area contributed by atoms with Crippen LogP contribution in [0.1, 0.15) is 18.1 Å². The third-order valence-electron chi connectivity index (χ3n) is 2.09. The minimum absolute atomic E-state index is 0.193. The summed E-state index contributed by atoms with van der Waals surface area (Å²) in [6, 6.07) is 5.87. The van der Waals surface area contributed by atoms with Crippen LogP contribution in [0.25, 0.3) is 0 Å². The highest BCUT2D eigenvalue weighted by Gasteiger charge is 2.04. The van der Waals surface area contributed by atoms with E-state index in [4.69, 9.17) is 4.74 Å². The molecule has 1 aromatic rings. The Hall–Kier alpha value is -0.830. The zero-order valence-electron chi connectivity index (χ0n) is 9.05. The van der Waals surface area contributed by atoms with Gasteiger partial charge in [-0.1, -0.05) is 28.1 Å². The van der Waals surface area contributed by atoms with E-state index in [0.29, 0.717) is 18.4 Å². The number of alkyl halides is 1. The molecule has 0 aliphatic rings. The maximum atomic E-state index is 11.2. The lowest BCUT2D eigenvalue weighted by Gasteiger charge is -2.08. The van der Waals surface area contributed by atoms with Gasteiger partial charge in [0.05, 0.1) is 11.9 Å². The minimum atomic E-state index is 0.193. The van der Waals surface area contributed by atoms with Crippen LogP contribution in [0.15, 0.2) is 18.2 Å². The van der Waals surface area contributed by atoms with Gasteiger partial charge in [-0.15, -0.1) is 0 Å². The van der Waals surface area contributed by atoms with Crippen molar-refractivity contribution in [2.45, 2.75) is 20.3 Å². The van der Waals surface area contributed by atoms with Crippen LogP contribution in [0.3, 0.4) is 0 Å². The fourth-order valence-electron chi connectivity index (χ4n) is 1.41. The summed E-state index contributed by atoms with van der Waals surface area (Å²) in [5, 5.41) is 0.416. The summed E-state index contributed by atoms with van der Waals surface area (Å²) in [5.74, 6) is 1.09. The second-order valence-electron chi connectivity index (χ2n) is 3.38. The minimum Gasteiger partial charge on any atom is -0.494 e. The first-order valence-corrected chi connectivity index (χ1v) is 6.09. The van der Waals surface area contributed by atoms with Crippen LogP contribution in [0.2, 0.25) is 0 Å². The van der Waals surface area contributed by atoms with Crippen LogP contribution in [0, 0.1) is 6.92 Å². The number of ether oxygens (including phenoxy) is 1. The molecule has 0 heterocycles. The Balaban J connectivity index is 2.77. The van der Waals surface area contributed by atoms with Crippen LogP contribution in [-0.4, -0.2) is 17.7 Å². The van der Waals surface area contributed by atoms with Crippen LogP contribution in [-0.2, 0) is 11.2 Å². The van der Waals surface area contributed by atoms with E-state index in [1.54, 1.807) is 0 Å². The van der Waals surface area contributed by atoms with E-state index >= 15 is 0 Å². The molecule has 0 aromatic heterocycles. The smallest absolute Gasteiger partial charge is 0.147 e. The highest BCUT2D eigenvalue weighted by Crippen LogP contribution is 2.19. The molecule has 1 aromatic carbocycles. The standard InChI is InChI=1S/C12H15BrO2/c1-3-15-12-5-4-10(6-9(12)2)7-11(14)8-13/h4-6H,3,7-8H2,1-2H3. The van der Waals surface area contributed by atoms with E-state index in [-0.39, 0.29) is 5.78 Å². The number of carbonyl (C=O) groups excluding carboxylic acids is 1. The van der Waals surface area contributed by atoms with Gasteiger partial charge in [-0.25, -0.2) is 0 Å². The van der Waals surface area contributed by atoms with Gasteiger partial charge < -0.3 is 4.74 Å². The third kappa shape index (κ3) is 3.67. The Bertz CT molecular complexity index is 347. The lowest BCUT2D eigenvalue weighted by Crippen LogP contribution is -2.04. The zero-order valence-corrected chi connectivity index (χ0v) is 10.6. The van der Waals surface area contributed by atoms with E-state index < -0.39 is 0 Å². The van der Waals surface area contributed by atoms with E-state index in [2.05, 4.69) is 15.9 Å². The first-order chi connectivity index (χ1) is 7.17. The first-order valence-electron chi connectivity index (χ1n) is 4.97. The van der Waals surface area contributed by atoms with Gasteiger partial charge in [-0.05, 0) is 31.0 Å². The lowest BCUT2D eigenvalue weighted by molar-refractivity contribution is -0.115. The molecule has 0 aliphatic heterocycles. The number of ketones is 1. The van der Waals surface area contributed by atoms with E-state index in [9.17, 15) is 4.79 Å². The number of rotatable bonds is 5. The van der Waals surface area contributed by atoms with Crippen molar-refractivity contribution in [3.63, 3.8) is 0 Å². The molecule has 0 unspecified atom stereocenters. The number of benzene rings is 1. The highest BCUT2D eigenvalue weighted by molar-refractivity contribution is 9.09. The number of halogens is 1. The molecule has 0 spiro atoms. The highest BCUT2D eigenvalue weighted by atomic mass is 79.9. The molecule has 0 saturated heterocycles. The van der Waals surface area contributed by atoms with E-state index in [1.165, 1.54) is 0 Å². The van der Waals surface area contributed by atoms with Gasteiger partial charge in [-0.2, -0.15) is 0 Å². The van der Waals surface area contributed by atoms with Crippen molar-refractivity contribution in [1.82, 2.24) is 0 Å². The van der Waals surface area contributed by atoms with Crippen LogP contribution >= 0.6 is 15.9 Å². The largest absolute Gasteiger partial charge is 0.494 e. The van der Waals surface area contributed by atoms with Crippen molar-refractivity contribution in [3.8, 4) is 5.75 Å². The molecule has 15 heavy (non-hydrogen) atoms. The van der Waals surface area contributed by atoms with Gasteiger partial charge in [0.15, 0.2) is 0 Å². The number of hydrogen-bond acceptors (Lipinski definition) is 2. The molecule has 82 valence electrons. The average molecular weight is 271 g/mol. The zero-order chi connectivity index (χ0) is 11.3. The predicted molar refractivity (Wildman–Crippen MR) is 64.9 cm³/mol. The van der Waals surface area contributed by atoms with Gasteiger partial charge in [0.2, 0.25) is 0 Å². The molecular weight excluding hydrogens is 256 g/mol. The van der Waals surface area contributed by atoms with Gasteiger partial charge >= 0.3 is 0 Å². The summed E-state index contributed by atoms with van der Waals surface area (Å²) < 4.78 is 5.43. The predicted octanol–water partition coefficient (Wildman–Crippen LogP) is 2.90. The van der Waals surface area contributed by atoms with Crippen molar-refractivity contribution >= 4 is 21.7 Å². The molecule has 0 aliphatic carbocycles. The maximum absolute atomic E-state index is 11.2. The third-order valence-corrected chi connectivity index (χ3v) is 2.71. The molecule has 0 N–H and O–H groups in total. The summed E-state index contributed by atoms with van der Waals surface area (Å²) in [7, 11) is 0. The molecule has 3 heteroatoms. The Labute approximate surface area is 98.8 Å². The van der Waals surface area contributed by atoms with Crippen molar-refractivity contribution in [1.29, 1.82) is 0 Å². The number of carbonyl (C=O) groups is 1. The van der Waals surface area contributed by atoms with Crippen molar-refractivity contribution in [2.24, 2.45) is 0 Å².